The van der Waals surface area contributed by atoms with Gasteiger partial charge in [0.15, 0.2) is 5.16 Å². The van der Waals surface area contributed by atoms with Gasteiger partial charge in [-0.3, -0.25) is 9.59 Å². The maximum absolute atomic E-state index is 13.2. The summed E-state index contributed by atoms with van der Waals surface area (Å²) in [4.78, 5) is 35.0. The molecule has 0 aliphatic rings. The van der Waals surface area contributed by atoms with Crippen LogP contribution in [0.1, 0.15) is 5.56 Å². The fourth-order valence-corrected chi connectivity index (χ4v) is 4.48. The van der Waals surface area contributed by atoms with Crippen molar-refractivity contribution in [2.24, 2.45) is 0 Å². The first kappa shape index (κ1) is 22.9. The molecule has 168 valence electrons. The fourth-order valence-electron chi connectivity index (χ4n) is 3.09. The number of alkyl halides is 2. The summed E-state index contributed by atoms with van der Waals surface area (Å²) in [5.74, 6) is -2.70. The highest BCUT2D eigenvalue weighted by atomic mass is 32.2. The standard InChI is InChI=1S/C23H18F2N4O2S2/c1-14-10-11-19(26-12-14)29-21(31)15-6-2-3-7-16(15)28-23(29)32-13-20(30)27-17-8-4-5-9-18(17)33-22(24)25/h2-12,22H,13H2,1H3,(H,27,30). The molecule has 0 radical (unpaired) electrons. The number of hydrogen-bond acceptors (Lipinski definition) is 6. The van der Waals surface area contributed by atoms with Crippen LogP contribution < -0.4 is 10.9 Å². The van der Waals surface area contributed by atoms with E-state index in [1.165, 1.54) is 10.6 Å². The van der Waals surface area contributed by atoms with Crippen LogP contribution in [-0.2, 0) is 4.79 Å². The first-order valence-corrected chi connectivity index (χ1v) is 11.7. The quantitative estimate of drug-likeness (QED) is 0.289. The molecule has 0 aliphatic heterocycles. The van der Waals surface area contributed by atoms with Crippen LogP contribution in [0.4, 0.5) is 14.5 Å². The third-order valence-electron chi connectivity index (χ3n) is 4.58. The summed E-state index contributed by atoms with van der Waals surface area (Å²) in [5.41, 5.74) is 1.46. The van der Waals surface area contributed by atoms with E-state index in [4.69, 9.17) is 0 Å². The van der Waals surface area contributed by atoms with Gasteiger partial charge in [-0.15, -0.1) is 0 Å². The Morgan fingerprint density at radius 2 is 1.85 bits per heavy atom. The molecule has 1 amide bonds. The van der Waals surface area contributed by atoms with Crippen LogP contribution in [0.15, 0.2) is 81.7 Å². The van der Waals surface area contributed by atoms with Crippen LogP contribution in [0.2, 0.25) is 0 Å². The van der Waals surface area contributed by atoms with Crippen molar-refractivity contribution in [1.82, 2.24) is 14.5 Å². The minimum atomic E-state index is -2.60. The molecule has 0 saturated carbocycles. The van der Waals surface area contributed by atoms with E-state index >= 15 is 0 Å². The second kappa shape index (κ2) is 10.1. The Hall–Kier alpha value is -3.24. The molecule has 2 aromatic heterocycles. The van der Waals surface area contributed by atoms with Crippen LogP contribution in [0.3, 0.4) is 0 Å². The molecule has 10 heteroatoms. The topological polar surface area (TPSA) is 76.9 Å². The minimum Gasteiger partial charge on any atom is -0.324 e. The SMILES string of the molecule is Cc1ccc(-n2c(SCC(=O)Nc3ccccc3SC(F)F)nc3ccccc3c2=O)nc1. The number of nitrogens with zero attached hydrogens (tertiary/aromatic N) is 3. The molecule has 1 N–H and O–H groups in total. The number of carbonyl (C=O) groups is 1. The number of halogens is 2. The number of hydrogen-bond donors (Lipinski definition) is 1. The summed E-state index contributed by atoms with van der Waals surface area (Å²) >= 11 is 1.43. The largest absolute Gasteiger partial charge is 0.324 e. The molecule has 0 bridgehead atoms. The van der Waals surface area contributed by atoms with Crippen LogP contribution in [0.25, 0.3) is 16.7 Å². The van der Waals surface area contributed by atoms with Crippen LogP contribution in [0.5, 0.6) is 0 Å². The summed E-state index contributed by atoms with van der Waals surface area (Å²) < 4.78 is 27.0. The molecular weight excluding hydrogens is 466 g/mol. The number of fused-ring (bicyclic) bond motifs is 1. The van der Waals surface area contributed by atoms with Gasteiger partial charge in [-0.05, 0) is 42.8 Å². The van der Waals surface area contributed by atoms with Crippen molar-refractivity contribution in [3.63, 3.8) is 0 Å². The average Bonchev–Trinajstić information content (AvgIpc) is 2.80. The lowest BCUT2D eigenvalue weighted by Gasteiger charge is -2.13. The highest BCUT2D eigenvalue weighted by Crippen LogP contribution is 2.32. The first-order chi connectivity index (χ1) is 15.9. The Kier molecular flexibility index (Phi) is 7.05. The molecule has 0 fully saturated rings. The summed E-state index contributed by atoms with van der Waals surface area (Å²) in [7, 11) is 0. The van der Waals surface area contributed by atoms with E-state index in [0.29, 0.717) is 39.3 Å². The van der Waals surface area contributed by atoms with Gasteiger partial charge in [-0.1, -0.05) is 53.9 Å². The van der Waals surface area contributed by atoms with Crippen molar-refractivity contribution < 1.29 is 13.6 Å². The Balaban J connectivity index is 1.62. The molecule has 4 rings (SSSR count). The van der Waals surface area contributed by atoms with Gasteiger partial charge in [0.2, 0.25) is 5.91 Å². The number of aromatic nitrogens is 3. The maximum Gasteiger partial charge on any atom is 0.288 e. The molecule has 4 aromatic rings. The normalized spacial score (nSPS) is 11.2. The van der Waals surface area contributed by atoms with E-state index < -0.39 is 11.7 Å². The zero-order chi connectivity index (χ0) is 23.4. The monoisotopic (exact) mass is 484 g/mol. The molecular formula is C23H18F2N4O2S2. The minimum absolute atomic E-state index is 0.0790. The van der Waals surface area contributed by atoms with Crippen molar-refractivity contribution >= 4 is 46.0 Å². The van der Waals surface area contributed by atoms with Gasteiger partial charge in [0.25, 0.3) is 11.3 Å². The van der Waals surface area contributed by atoms with Crippen LogP contribution >= 0.6 is 23.5 Å². The van der Waals surface area contributed by atoms with Gasteiger partial charge in [-0.25, -0.2) is 14.5 Å². The van der Waals surface area contributed by atoms with Crippen molar-refractivity contribution in [3.8, 4) is 5.82 Å². The van der Waals surface area contributed by atoms with Gasteiger partial charge in [-0.2, -0.15) is 8.78 Å². The Morgan fingerprint density at radius 1 is 1.09 bits per heavy atom. The zero-order valence-corrected chi connectivity index (χ0v) is 19.0. The van der Waals surface area contributed by atoms with Gasteiger partial charge in [0.1, 0.15) is 5.82 Å². The fraction of sp³-hybridized carbons (Fsp3) is 0.130. The van der Waals surface area contributed by atoms with Gasteiger partial charge < -0.3 is 5.32 Å². The highest BCUT2D eigenvalue weighted by Gasteiger charge is 2.17. The first-order valence-electron chi connectivity index (χ1n) is 9.83. The number of rotatable bonds is 7. The number of benzene rings is 2. The number of aryl methyl sites for hydroxylation is 1. The predicted octanol–water partition coefficient (Wildman–Crippen LogP) is 5.13. The van der Waals surface area contributed by atoms with E-state index in [-0.39, 0.29) is 16.2 Å². The number of pyridine rings is 1. The molecule has 0 saturated heterocycles. The Labute approximate surface area is 196 Å². The maximum atomic E-state index is 13.2. The summed E-state index contributed by atoms with van der Waals surface area (Å²) in [5, 5.41) is 3.40. The van der Waals surface area contributed by atoms with Gasteiger partial charge >= 0.3 is 0 Å². The van der Waals surface area contributed by atoms with Crippen molar-refractivity contribution in [2.45, 2.75) is 22.7 Å². The lowest BCUT2D eigenvalue weighted by atomic mass is 10.2. The van der Waals surface area contributed by atoms with Gasteiger partial charge in [0.05, 0.1) is 22.3 Å². The van der Waals surface area contributed by atoms with Crippen molar-refractivity contribution in [2.75, 3.05) is 11.1 Å². The molecule has 0 aliphatic carbocycles. The Morgan fingerprint density at radius 3 is 2.61 bits per heavy atom. The third-order valence-corrected chi connectivity index (χ3v) is 6.31. The number of para-hydroxylation sites is 2. The number of carbonyl (C=O) groups excluding carboxylic acids is 1. The molecule has 0 atom stereocenters. The number of anilines is 1. The number of amides is 1. The smallest absolute Gasteiger partial charge is 0.288 e. The molecule has 2 heterocycles. The lowest BCUT2D eigenvalue weighted by Crippen LogP contribution is -2.23. The molecule has 0 unspecified atom stereocenters. The molecule has 6 nitrogen and oxygen atoms in total. The average molecular weight is 485 g/mol. The zero-order valence-electron chi connectivity index (χ0n) is 17.4. The van der Waals surface area contributed by atoms with Crippen molar-refractivity contribution in [3.05, 3.63) is 82.8 Å². The van der Waals surface area contributed by atoms with Crippen LogP contribution in [0, 0.1) is 6.92 Å². The second-order valence-corrected chi connectivity index (χ2v) is 8.93. The third kappa shape index (κ3) is 5.40. The summed E-state index contributed by atoms with van der Waals surface area (Å²) in [6, 6.07) is 16.9. The molecule has 0 spiro atoms. The Bertz CT molecular complexity index is 1360. The van der Waals surface area contributed by atoms with Gasteiger partial charge in [0, 0.05) is 11.1 Å². The number of thioether (sulfide) groups is 2. The summed E-state index contributed by atoms with van der Waals surface area (Å²) in [6.45, 7) is 1.89. The summed E-state index contributed by atoms with van der Waals surface area (Å²) in [6.07, 6.45) is 1.65. The second-order valence-electron chi connectivity index (χ2n) is 6.96. The van der Waals surface area contributed by atoms with E-state index in [9.17, 15) is 18.4 Å². The van der Waals surface area contributed by atoms with E-state index in [0.717, 1.165) is 17.3 Å². The van der Waals surface area contributed by atoms with E-state index in [1.54, 1.807) is 54.7 Å². The lowest BCUT2D eigenvalue weighted by molar-refractivity contribution is -0.113. The predicted molar refractivity (Wildman–Crippen MR) is 128 cm³/mol. The van der Waals surface area contributed by atoms with E-state index in [2.05, 4.69) is 15.3 Å². The van der Waals surface area contributed by atoms with Crippen LogP contribution in [-0.4, -0.2) is 32.0 Å². The number of nitrogens with one attached hydrogen (secondary N) is 1. The molecule has 2 aromatic carbocycles. The highest BCUT2D eigenvalue weighted by molar-refractivity contribution is 8.00. The van der Waals surface area contributed by atoms with E-state index in [1.807, 2.05) is 13.0 Å². The van der Waals surface area contributed by atoms with Crippen molar-refractivity contribution in [1.29, 1.82) is 0 Å². The molecule has 33 heavy (non-hydrogen) atoms.